The molecule has 0 bridgehead atoms. The minimum Gasteiger partial charge on any atom is -0.309 e. The number of pyridine rings is 1. The van der Waals surface area contributed by atoms with Crippen LogP contribution >= 0.6 is 0 Å². The average molecular weight is 585 g/mol. The fourth-order valence-electron chi connectivity index (χ4n) is 7.70. The van der Waals surface area contributed by atoms with Gasteiger partial charge in [-0.3, -0.25) is 0 Å². The smallest absolute Gasteiger partial charge is 0.0620 e. The lowest BCUT2D eigenvalue weighted by atomic mass is 9.96. The van der Waals surface area contributed by atoms with Crippen molar-refractivity contribution in [2.75, 3.05) is 0 Å². The van der Waals surface area contributed by atoms with Gasteiger partial charge in [0.1, 0.15) is 0 Å². The van der Waals surface area contributed by atoms with E-state index >= 15 is 0 Å². The Morgan fingerprint density at radius 2 is 0.870 bits per heavy atom. The van der Waals surface area contributed by atoms with Gasteiger partial charge >= 0.3 is 0 Å². The fourth-order valence-corrected chi connectivity index (χ4v) is 7.70. The van der Waals surface area contributed by atoms with E-state index in [9.17, 15) is 0 Å². The lowest BCUT2D eigenvalue weighted by Gasteiger charge is -2.12. The van der Waals surface area contributed by atoms with Gasteiger partial charge in [0.05, 0.1) is 22.1 Å². The van der Waals surface area contributed by atoms with Gasteiger partial charge in [-0.15, -0.1) is 0 Å². The summed E-state index contributed by atoms with van der Waals surface area (Å²) in [7, 11) is 0. The van der Waals surface area contributed by atoms with Crippen molar-refractivity contribution in [1.29, 1.82) is 0 Å². The second kappa shape index (κ2) is 9.44. The Hall–Kier alpha value is -6.12. The maximum atomic E-state index is 4.60. The topological polar surface area (TPSA) is 9.34 Å². The quantitative estimate of drug-likeness (QED) is 0.183. The number of fused-ring (bicyclic) bond motifs is 8. The van der Waals surface area contributed by atoms with Crippen LogP contribution in [-0.2, 0) is 0 Å². The van der Waals surface area contributed by atoms with Crippen molar-refractivity contribution < 1.29 is 0 Å². The Bertz CT molecular complexity index is 2800. The minimum atomic E-state index is 1.03. The highest BCUT2D eigenvalue weighted by Gasteiger charge is 2.18. The zero-order valence-electron chi connectivity index (χ0n) is 25.1. The van der Waals surface area contributed by atoms with E-state index in [2.05, 4.69) is 173 Å². The molecule has 0 saturated heterocycles. The van der Waals surface area contributed by atoms with E-state index in [1.165, 1.54) is 82.0 Å². The first-order valence-electron chi connectivity index (χ1n) is 15.8. The van der Waals surface area contributed by atoms with E-state index in [1.54, 1.807) is 0 Å². The number of para-hydroxylation sites is 2. The van der Waals surface area contributed by atoms with Crippen molar-refractivity contribution in [3.05, 3.63) is 163 Å². The molecule has 46 heavy (non-hydrogen) atoms. The number of rotatable bonds is 3. The standard InChI is InChI=1S/C44H28N2/c1-28-34-13-5-6-14-35(34)39-26-32(27-40-38-25-31(29-11-3-2-4-12-29)21-24-43(38)45(28)44(39)40)30-19-22-33(23-20-30)46-41-17-9-7-15-36(41)37-16-8-10-18-42(37)46/h2-27H,1H2. The molecular weight excluding hydrogens is 556 g/mol. The SMILES string of the molecule is C=c1c2ccccc2c2cc(-c3ccc(-n4c5ccccc5c5ccccc54)cc3)cc3c4cc(-c5ccccc5)ccc4n1c23. The molecule has 0 aliphatic rings. The molecule has 0 spiro atoms. The van der Waals surface area contributed by atoms with E-state index in [1.807, 2.05) is 0 Å². The summed E-state index contributed by atoms with van der Waals surface area (Å²) < 4.78 is 4.74. The van der Waals surface area contributed by atoms with Crippen molar-refractivity contribution in [2.24, 2.45) is 0 Å². The molecule has 10 rings (SSSR count). The first-order chi connectivity index (χ1) is 22.7. The van der Waals surface area contributed by atoms with Gasteiger partial charge in [0, 0.05) is 43.4 Å². The molecule has 0 saturated carbocycles. The third kappa shape index (κ3) is 3.47. The summed E-state index contributed by atoms with van der Waals surface area (Å²) >= 11 is 0. The van der Waals surface area contributed by atoms with E-state index in [0.717, 1.165) is 11.0 Å². The Balaban J connectivity index is 1.23. The fraction of sp³-hybridized carbons (Fsp3) is 0. The molecule has 0 amide bonds. The van der Waals surface area contributed by atoms with Crippen LogP contribution in [0.1, 0.15) is 0 Å². The summed E-state index contributed by atoms with van der Waals surface area (Å²) in [5.41, 5.74) is 10.9. The third-order valence-corrected chi connectivity index (χ3v) is 9.81. The molecule has 0 unspecified atom stereocenters. The summed E-state index contributed by atoms with van der Waals surface area (Å²) in [6.45, 7) is 4.60. The molecule has 0 radical (unpaired) electrons. The zero-order chi connectivity index (χ0) is 30.4. The van der Waals surface area contributed by atoms with Gasteiger partial charge in [0.15, 0.2) is 0 Å². The average Bonchev–Trinajstić information content (AvgIpc) is 3.64. The number of hydrogen-bond donors (Lipinski definition) is 0. The highest BCUT2D eigenvalue weighted by molar-refractivity contribution is 6.22. The first-order valence-corrected chi connectivity index (χ1v) is 15.8. The van der Waals surface area contributed by atoms with Crippen LogP contribution in [0.4, 0.5) is 0 Å². The summed E-state index contributed by atoms with van der Waals surface area (Å²) in [6, 6.07) is 57.4. The van der Waals surface area contributed by atoms with E-state index < -0.39 is 0 Å². The van der Waals surface area contributed by atoms with Crippen molar-refractivity contribution in [1.82, 2.24) is 8.97 Å². The second-order valence-corrected chi connectivity index (χ2v) is 12.3. The molecule has 0 N–H and O–H groups in total. The lowest BCUT2D eigenvalue weighted by Crippen LogP contribution is -2.12. The van der Waals surface area contributed by atoms with Gasteiger partial charge in [-0.2, -0.15) is 0 Å². The predicted molar refractivity (Wildman–Crippen MR) is 196 cm³/mol. The minimum absolute atomic E-state index is 1.03. The lowest BCUT2D eigenvalue weighted by molar-refractivity contribution is 1.18. The summed E-state index contributed by atoms with van der Waals surface area (Å²) in [5, 5.41) is 9.74. The van der Waals surface area contributed by atoms with Crippen LogP contribution in [0.15, 0.2) is 158 Å². The second-order valence-electron chi connectivity index (χ2n) is 12.3. The summed E-state index contributed by atoms with van der Waals surface area (Å²) in [5.74, 6) is 0. The van der Waals surface area contributed by atoms with Gasteiger partial charge in [-0.1, -0.05) is 116 Å². The molecule has 214 valence electrons. The van der Waals surface area contributed by atoms with E-state index in [-0.39, 0.29) is 0 Å². The van der Waals surface area contributed by atoms with Crippen LogP contribution in [0.3, 0.4) is 0 Å². The molecule has 2 nitrogen and oxygen atoms in total. The number of aromatic nitrogens is 2. The van der Waals surface area contributed by atoms with Gasteiger partial charge < -0.3 is 8.97 Å². The molecule has 0 fully saturated rings. The molecule has 3 heterocycles. The molecular formula is C44H28N2. The van der Waals surface area contributed by atoms with Crippen LogP contribution in [-0.4, -0.2) is 8.97 Å². The predicted octanol–water partition coefficient (Wildman–Crippen LogP) is 11.0. The highest BCUT2D eigenvalue weighted by Crippen LogP contribution is 2.40. The van der Waals surface area contributed by atoms with Crippen LogP contribution in [0.25, 0.3) is 94.3 Å². The van der Waals surface area contributed by atoms with Crippen molar-refractivity contribution in [2.45, 2.75) is 0 Å². The van der Waals surface area contributed by atoms with Gasteiger partial charge in [-0.25, -0.2) is 0 Å². The van der Waals surface area contributed by atoms with E-state index in [4.69, 9.17) is 0 Å². The Kier molecular flexibility index (Phi) is 5.18. The third-order valence-electron chi connectivity index (χ3n) is 9.81. The number of benzene rings is 7. The van der Waals surface area contributed by atoms with E-state index in [0.29, 0.717) is 0 Å². The van der Waals surface area contributed by atoms with Crippen LogP contribution in [0.5, 0.6) is 0 Å². The molecule has 0 aliphatic heterocycles. The van der Waals surface area contributed by atoms with Crippen LogP contribution in [0, 0.1) is 0 Å². The first kappa shape index (κ1) is 25.2. The largest absolute Gasteiger partial charge is 0.309 e. The Labute approximate surface area is 265 Å². The number of nitrogens with zero attached hydrogens (tertiary/aromatic N) is 2. The molecule has 7 aromatic carbocycles. The normalized spacial score (nSPS) is 12.0. The van der Waals surface area contributed by atoms with Crippen LogP contribution in [0.2, 0.25) is 0 Å². The molecule has 2 heteroatoms. The zero-order valence-corrected chi connectivity index (χ0v) is 25.1. The monoisotopic (exact) mass is 584 g/mol. The van der Waals surface area contributed by atoms with Gasteiger partial charge in [0.25, 0.3) is 0 Å². The van der Waals surface area contributed by atoms with Gasteiger partial charge in [-0.05, 0) is 76.2 Å². The molecule has 0 atom stereocenters. The molecule has 10 aromatic rings. The van der Waals surface area contributed by atoms with Gasteiger partial charge in [0.2, 0.25) is 0 Å². The number of hydrogen-bond acceptors (Lipinski definition) is 0. The summed E-state index contributed by atoms with van der Waals surface area (Å²) in [6.07, 6.45) is 0. The van der Waals surface area contributed by atoms with Crippen molar-refractivity contribution in [3.8, 4) is 27.9 Å². The molecule has 0 aliphatic carbocycles. The maximum absolute atomic E-state index is 4.60. The Morgan fingerprint density at radius 3 is 1.57 bits per heavy atom. The van der Waals surface area contributed by atoms with Crippen LogP contribution < -0.4 is 5.35 Å². The molecule has 3 aromatic heterocycles. The van der Waals surface area contributed by atoms with Crippen molar-refractivity contribution in [3.63, 3.8) is 0 Å². The highest BCUT2D eigenvalue weighted by atomic mass is 15.0. The Morgan fingerprint density at radius 1 is 0.348 bits per heavy atom. The summed E-state index contributed by atoms with van der Waals surface area (Å²) in [4.78, 5) is 0. The van der Waals surface area contributed by atoms with Crippen molar-refractivity contribution >= 4 is 66.3 Å². The maximum Gasteiger partial charge on any atom is 0.0620 e.